The molecule has 2 nitrogen and oxygen atoms in total. The van der Waals surface area contributed by atoms with Gasteiger partial charge < -0.3 is 0 Å². The van der Waals surface area contributed by atoms with Crippen LogP contribution in [-0.2, 0) is 7.05 Å². The molecule has 1 heterocycles. The van der Waals surface area contributed by atoms with Gasteiger partial charge in [-0.15, -0.1) is 11.6 Å². The number of hydrogen-bond donors (Lipinski definition) is 0. The Balaban J connectivity index is 2.85. The average Bonchev–Trinajstić information content (AvgIpc) is 2.47. The Kier molecular flexibility index (Phi) is 3.35. The Labute approximate surface area is 77.8 Å². The van der Waals surface area contributed by atoms with Gasteiger partial charge in [-0.3, -0.25) is 4.68 Å². The summed E-state index contributed by atoms with van der Waals surface area (Å²) >= 11 is 5.74. The smallest absolute Gasteiger partial charge is 0.0606 e. The Morgan fingerprint density at radius 1 is 1.75 bits per heavy atom. The van der Waals surface area contributed by atoms with E-state index in [1.165, 1.54) is 5.57 Å². The second-order valence-corrected chi connectivity index (χ2v) is 2.94. The molecule has 0 aliphatic rings. The van der Waals surface area contributed by atoms with Crippen molar-refractivity contribution >= 4 is 17.7 Å². The van der Waals surface area contributed by atoms with Crippen LogP contribution in [0, 0.1) is 0 Å². The van der Waals surface area contributed by atoms with E-state index in [-0.39, 0.29) is 0 Å². The zero-order valence-corrected chi connectivity index (χ0v) is 8.17. The molecule has 0 aliphatic carbocycles. The third kappa shape index (κ3) is 2.11. The van der Waals surface area contributed by atoms with Crippen LogP contribution in [0.3, 0.4) is 0 Å². The van der Waals surface area contributed by atoms with Gasteiger partial charge in [-0.1, -0.05) is 12.5 Å². The SMILES string of the molecule is CC/C(=C\c1ccnn1C)CCl. The highest BCUT2D eigenvalue weighted by molar-refractivity contribution is 6.19. The minimum absolute atomic E-state index is 0.599. The zero-order chi connectivity index (χ0) is 8.97. The molecule has 0 saturated heterocycles. The average molecular weight is 185 g/mol. The molecular formula is C9H13ClN2. The lowest BCUT2D eigenvalue weighted by atomic mass is 10.2. The minimum atomic E-state index is 0.599. The number of rotatable bonds is 3. The third-order valence-electron chi connectivity index (χ3n) is 1.84. The molecule has 1 aromatic heterocycles. The summed E-state index contributed by atoms with van der Waals surface area (Å²) in [6.07, 6.45) is 4.86. The highest BCUT2D eigenvalue weighted by Crippen LogP contribution is 2.09. The van der Waals surface area contributed by atoms with Crippen molar-refractivity contribution in [2.24, 2.45) is 7.05 Å². The fourth-order valence-electron chi connectivity index (χ4n) is 0.970. The minimum Gasteiger partial charge on any atom is -0.269 e. The van der Waals surface area contributed by atoms with Gasteiger partial charge in [-0.05, 0) is 18.6 Å². The van der Waals surface area contributed by atoms with Gasteiger partial charge in [0.25, 0.3) is 0 Å². The number of alkyl halides is 1. The molecule has 0 atom stereocenters. The van der Waals surface area contributed by atoms with E-state index < -0.39 is 0 Å². The normalized spacial score (nSPS) is 12.1. The molecule has 0 fully saturated rings. The van der Waals surface area contributed by atoms with Gasteiger partial charge in [-0.2, -0.15) is 5.10 Å². The van der Waals surface area contributed by atoms with E-state index in [2.05, 4.69) is 18.1 Å². The Hall–Kier alpha value is -0.760. The van der Waals surface area contributed by atoms with Crippen molar-refractivity contribution in [2.45, 2.75) is 13.3 Å². The van der Waals surface area contributed by atoms with E-state index in [1.54, 1.807) is 6.20 Å². The number of nitrogens with zero attached hydrogens (tertiary/aromatic N) is 2. The molecule has 3 heteroatoms. The number of hydrogen-bond acceptors (Lipinski definition) is 1. The number of allylic oxidation sites excluding steroid dienone is 1. The summed E-state index contributed by atoms with van der Waals surface area (Å²) in [6.45, 7) is 2.10. The van der Waals surface area contributed by atoms with Crippen molar-refractivity contribution in [1.82, 2.24) is 9.78 Å². The molecule has 1 rings (SSSR count). The van der Waals surface area contributed by atoms with E-state index in [9.17, 15) is 0 Å². The second-order valence-electron chi connectivity index (χ2n) is 2.67. The van der Waals surface area contributed by atoms with Crippen LogP contribution in [-0.4, -0.2) is 15.7 Å². The Bertz CT molecular complexity index is 270. The zero-order valence-electron chi connectivity index (χ0n) is 7.42. The molecule has 0 radical (unpaired) electrons. The maximum Gasteiger partial charge on any atom is 0.0606 e. The number of aryl methyl sites for hydroxylation is 1. The standard InChI is InChI=1S/C9H13ClN2/c1-3-8(7-10)6-9-4-5-11-12(9)2/h4-6H,3,7H2,1-2H3/b8-6+. The first-order valence-electron chi connectivity index (χ1n) is 4.01. The van der Waals surface area contributed by atoms with Crippen LogP contribution in [0.15, 0.2) is 17.8 Å². The molecule has 0 spiro atoms. The molecule has 0 aliphatic heterocycles. The van der Waals surface area contributed by atoms with Gasteiger partial charge in [0.15, 0.2) is 0 Å². The summed E-state index contributed by atoms with van der Waals surface area (Å²) < 4.78 is 1.84. The van der Waals surface area contributed by atoms with Gasteiger partial charge in [-0.25, -0.2) is 0 Å². The van der Waals surface area contributed by atoms with Crippen molar-refractivity contribution < 1.29 is 0 Å². The largest absolute Gasteiger partial charge is 0.269 e. The van der Waals surface area contributed by atoms with Gasteiger partial charge in [0, 0.05) is 19.1 Å². The van der Waals surface area contributed by atoms with E-state index in [0.717, 1.165) is 12.1 Å². The van der Waals surface area contributed by atoms with Crippen LogP contribution < -0.4 is 0 Å². The van der Waals surface area contributed by atoms with Crippen LogP contribution in [0.5, 0.6) is 0 Å². The molecule has 0 amide bonds. The second kappa shape index (κ2) is 4.31. The van der Waals surface area contributed by atoms with Crippen molar-refractivity contribution in [3.8, 4) is 0 Å². The first-order valence-corrected chi connectivity index (χ1v) is 4.54. The van der Waals surface area contributed by atoms with Crippen LogP contribution in [0.2, 0.25) is 0 Å². The van der Waals surface area contributed by atoms with E-state index in [4.69, 9.17) is 11.6 Å². The molecule has 0 unspecified atom stereocenters. The van der Waals surface area contributed by atoms with Gasteiger partial charge >= 0.3 is 0 Å². The summed E-state index contributed by atoms with van der Waals surface area (Å²) in [5.41, 5.74) is 2.34. The summed E-state index contributed by atoms with van der Waals surface area (Å²) in [7, 11) is 1.92. The lowest BCUT2D eigenvalue weighted by molar-refractivity contribution is 0.759. The lowest BCUT2D eigenvalue weighted by Gasteiger charge is -1.99. The molecule has 0 aromatic carbocycles. The fraction of sp³-hybridized carbons (Fsp3) is 0.444. The van der Waals surface area contributed by atoms with Crippen molar-refractivity contribution in [3.63, 3.8) is 0 Å². The quantitative estimate of drug-likeness (QED) is 0.660. The Morgan fingerprint density at radius 2 is 2.50 bits per heavy atom. The monoisotopic (exact) mass is 184 g/mol. The highest BCUT2D eigenvalue weighted by atomic mass is 35.5. The maximum atomic E-state index is 5.74. The molecular weight excluding hydrogens is 172 g/mol. The number of aromatic nitrogens is 2. The van der Waals surface area contributed by atoms with Crippen molar-refractivity contribution in [3.05, 3.63) is 23.5 Å². The summed E-state index contributed by atoms with van der Waals surface area (Å²) in [5.74, 6) is 0.599. The Morgan fingerprint density at radius 3 is 2.92 bits per heavy atom. The van der Waals surface area contributed by atoms with E-state index >= 15 is 0 Å². The van der Waals surface area contributed by atoms with Crippen LogP contribution in [0.4, 0.5) is 0 Å². The predicted molar refractivity (Wildman–Crippen MR) is 52.2 cm³/mol. The van der Waals surface area contributed by atoms with Gasteiger partial charge in [0.2, 0.25) is 0 Å². The van der Waals surface area contributed by atoms with Crippen LogP contribution in [0.25, 0.3) is 6.08 Å². The van der Waals surface area contributed by atoms with Crippen molar-refractivity contribution in [1.29, 1.82) is 0 Å². The topological polar surface area (TPSA) is 17.8 Å². The van der Waals surface area contributed by atoms with E-state index in [0.29, 0.717) is 5.88 Å². The van der Waals surface area contributed by atoms with Gasteiger partial charge in [0.05, 0.1) is 5.69 Å². The summed E-state index contributed by atoms with van der Waals surface area (Å²) in [5, 5.41) is 4.07. The molecule has 66 valence electrons. The first kappa shape index (κ1) is 9.33. The fourth-order valence-corrected chi connectivity index (χ4v) is 1.24. The van der Waals surface area contributed by atoms with Crippen LogP contribution in [0.1, 0.15) is 19.0 Å². The molecule has 0 saturated carbocycles. The highest BCUT2D eigenvalue weighted by Gasteiger charge is 1.96. The summed E-state index contributed by atoms with van der Waals surface area (Å²) in [4.78, 5) is 0. The first-order chi connectivity index (χ1) is 5.77. The summed E-state index contributed by atoms with van der Waals surface area (Å²) in [6, 6.07) is 1.97. The predicted octanol–water partition coefficient (Wildman–Crippen LogP) is 2.45. The lowest BCUT2D eigenvalue weighted by Crippen LogP contribution is -1.93. The molecule has 0 bridgehead atoms. The van der Waals surface area contributed by atoms with E-state index in [1.807, 2.05) is 17.8 Å². The number of halogens is 1. The molecule has 0 N–H and O–H groups in total. The van der Waals surface area contributed by atoms with Gasteiger partial charge in [0.1, 0.15) is 0 Å². The maximum absolute atomic E-state index is 5.74. The van der Waals surface area contributed by atoms with Crippen LogP contribution >= 0.6 is 11.6 Å². The molecule has 1 aromatic rings. The molecule has 12 heavy (non-hydrogen) atoms. The van der Waals surface area contributed by atoms with Crippen molar-refractivity contribution in [2.75, 3.05) is 5.88 Å². The third-order valence-corrected chi connectivity index (χ3v) is 2.18.